The van der Waals surface area contributed by atoms with Crippen LogP contribution in [-0.2, 0) is 4.79 Å². The predicted octanol–water partition coefficient (Wildman–Crippen LogP) is 1.39. The summed E-state index contributed by atoms with van der Waals surface area (Å²) in [6.07, 6.45) is 4.04. The van der Waals surface area contributed by atoms with E-state index in [0.29, 0.717) is 17.9 Å². The lowest BCUT2D eigenvalue weighted by Crippen LogP contribution is -2.43. The molecule has 5 nitrogen and oxygen atoms in total. The Morgan fingerprint density at radius 2 is 1.89 bits per heavy atom. The Morgan fingerprint density at radius 3 is 2.42 bits per heavy atom. The molecule has 3 aliphatic rings. The highest BCUT2D eigenvalue weighted by atomic mass is 16.4. The van der Waals surface area contributed by atoms with E-state index in [2.05, 4.69) is 5.32 Å². The van der Waals surface area contributed by atoms with Crippen LogP contribution in [0.4, 0.5) is 4.79 Å². The van der Waals surface area contributed by atoms with Crippen molar-refractivity contribution in [3.63, 3.8) is 0 Å². The normalized spacial score (nSPS) is 39.6. The minimum Gasteiger partial charge on any atom is -0.481 e. The molecule has 106 valence electrons. The van der Waals surface area contributed by atoms with E-state index in [1.807, 2.05) is 0 Å². The first-order valence-corrected chi connectivity index (χ1v) is 7.23. The third-order valence-corrected chi connectivity index (χ3v) is 5.34. The van der Waals surface area contributed by atoms with Gasteiger partial charge >= 0.3 is 12.0 Å². The quantitative estimate of drug-likeness (QED) is 0.808. The lowest BCUT2D eigenvalue weighted by atomic mass is 10.0. The summed E-state index contributed by atoms with van der Waals surface area (Å²) < 4.78 is 0. The van der Waals surface area contributed by atoms with E-state index in [4.69, 9.17) is 5.11 Å². The molecule has 0 aliphatic heterocycles. The molecule has 0 aromatic rings. The maximum absolute atomic E-state index is 12.0. The molecule has 2 N–H and O–H groups in total. The molecule has 0 aromatic heterocycles. The highest BCUT2D eigenvalue weighted by Gasteiger charge is 2.65. The molecule has 3 aliphatic carbocycles. The number of aliphatic carboxylic acids is 1. The second-order valence-corrected chi connectivity index (χ2v) is 6.58. The van der Waals surface area contributed by atoms with Crippen LogP contribution in [0.5, 0.6) is 0 Å². The van der Waals surface area contributed by atoms with Gasteiger partial charge in [0.1, 0.15) is 0 Å². The third-order valence-electron chi connectivity index (χ3n) is 5.34. The lowest BCUT2D eigenvalue weighted by Gasteiger charge is -2.21. The first-order chi connectivity index (χ1) is 8.99. The molecule has 5 atom stereocenters. The number of carbonyl (C=O) groups is 2. The van der Waals surface area contributed by atoms with Gasteiger partial charge in [-0.1, -0.05) is 6.92 Å². The number of carbonyl (C=O) groups excluding carboxylic acids is 1. The number of nitrogens with one attached hydrogen (secondary N) is 1. The van der Waals surface area contributed by atoms with Crippen molar-refractivity contribution in [3.05, 3.63) is 0 Å². The molecule has 0 heterocycles. The van der Waals surface area contributed by atoms with Crippen LogP contribution in [-0.4, -0.2) is 41.6 Å². The molecule has 2 amide bonds. The van der Waals surface area contributed by atoms with Crippen LogP contribution in [0, 0.1) is 29.6 Å². The van der Waals surface area contributed by atoms with E-state index in [-0.39, 0.29) is 12.6 Å². The van der Waals surface area contributed by atoms with Crippen LogP contribution in [0.3, 0.4) is 0 Å². The number of hydrogen-bond acceptors (Lipinski definition) is 2. The van der Waals surface area contributed by atoms with Crippen molar-refractivity contribution in [3.8, 4) is 0 Å². The van der Waals surface area contributed by atoms with Crippen molar-refractivity contribution < 1.29 is 14.7 Å². The number of nitrogens with zero attached hydrogens (tertiary/aromatic N) is 1. The van der Waals surface area contributed by atoms with Crippen molar-refractivity contribution in [2.45, 2.75) is 32.2 Å². The van der Waals surface area contributed by atoms with Crippen molar-refractivity contribution in [1.29, 1.82) is 0 Å². The summed E-state index contributed by atoms with van der Waals surface area (Å²) in [5.74, 6) is 1.72. The van der Waals surface area contributed by atoms with Crippen LogP contribution >= 0.6 is 0 Å². The van der Waals surface area contributed by atoms with Gasteiger partial charge in [-0.15, -0.1) is 0 Å². The summed E-state index contributed by atoms with van der Waals surface area (Å²) in [4.78, 5) is 24.3. The number of amides is 2. The van der Waals surface area contributed by atoms with Gasteiger partial charge in [0, 0.05) is 19.6 Å². The van der Waals surface area contributed by atoms with Crippen molar-refractivity contribution in [1.82, 2.24) is 10.2 Å². The number of fused-ring (bicyclic) bond motifs is 5. The molecule has 3 rings (SSSR count). The minimum absolute atomic E-state index is 0.119. The molecule has 0 spiro atoms. The molecule has 5 heteroatoms. The Hall–Kier alpha value is -1.26. The van der Waals surface area contributed by atoms with Gasteiger partial charge in [-0.3, -0.25) is 4.79 Å². The molecule has 3 fully saturated rings. The first kappa shape index (κ1) is 12.8. The van der Waals surface area contributed by atoms with Gasteiger partial charge < -0.3 is 15.3 Å². The van der Waals surface area contributed by atoms with Crippen molar-refractivity contribution in [2.24, 2.45) is 29.6 Å². The first-order valence-electron chi connectivity index (χ1n) is 7.23. The van der Waals surface area contributed by atoms with E-state index < -0.39 is 11.9 Å². The summed E-state index contributed by atoms with van der Waals surface area (Å²) in [7, 11) is 1.67. The molecule has 0 saturated heterocycles. The van der Waals surface area contributed by atoms with E-state index >= 15 is 0 Å². The summed E-state index contributed by atoms with van der Waals surface area (Å²) in [6, 6.07) is 0.244. The van der Waals surface area contributed by atoms with Crippen LogP contribution < -0.4 is 5.32 Å². The fourth-order valence-corrected chi connectivity index (χ4v) is 4.34. The number of hydrogen-bond donors (Lipinski definition) is 2. The number of rotatable bonds is 4. The van der Waals surface area contributed by atoms with E-state index in [9.17, 15) is 9.59 Å². The van der Waals surface area contributed by atoms with E-state index in [1.165, 1.54) is 24.2 Å². The second-order valence-electron chi connectivity index (χ2n) is 6.58. The number of urea groups is 1. The van der Waals surface area contributed by atoms with Crippen LogP contribution in [0.25, 0.3) is 0 Å². The van der Waals surface area contributed by atoms with Crippen LogP contribution in [0.1, 0.15) is 26.2 Å². The summed E-state index contributed by atoms with van der Waals surface area (Å²) in [5, 5.41) is 12.0. The van der Waals surface area contributed by atoms with Gasteiger partial charge in [0.15, 0.2) is 0 Å². The molecule has 2 bridgehead atoms. The van der Waals surface area contributed by atoms with E-state index in [0.717, 1.165) is 11.8 Å². The van der Waals surface area contributed by atoms with Gasteiger partial charge in [-0.2, -0.15) is 0 Å². The fourth-order valence-electron chi connectivity index (χ4n) is 4.34. The van der Waals surface area contributed by atoms with Gasteiger partial charge in [0.2, 0.25) is 0 Å². The maximum Gasteiger partial charge on any atom is 0.317 e. The van der Waals surface area contributed by atoms with Gasteiger partial charge in [-0.05, 0) is 42.9 Å². The zero-order valence-electron chi connectivity index (χ0n) is 11.5. The summed E-state index contributed by atoms with van der Waals surface area (Å²) >= 11 is 0. The largest absolute Gasteiger partial charge is 0.481 e. The second kappa shape index (κ2) is 4.39. The molecule has 19 heavy (non-hydrogen) atoms. The molecular weight excluding hydrogens is 244 g/mol. The average molecular weight is 266 g/mol. The van der Waals surface area contributed by atoms with Crippen molar-refractivity contribution >= 4 is 12.0 Å². The fraction of sp³-hybridized carbons (Fsp3) is 0.857. The Balaban J connectivity index is 1.49. The Labute approximate surface area is 113 Å². The van der Waals surface area contributed by atoms with Crippen molar-refractivity contribution in [2.75, 3.05) is 13.6 Å². The molecular formula is C14H22N2O3. The highest BCUT2D eigenvalue weighted by molar-refractivity contribution is 5.76. The van der Waals surface area contributed by atoms with Crippen LogP contribution in [0.2, 0.25) is 0 Å². The Morgan fingerprint density at radius 1 is 1.32 bits per heavy atom. The minimum atomic E-state index is -0.860. The zero-order chi connectivity index (χ0) is 13.7. The van der Waals surface area contributed by atoms with Gasteiger partial charge in [0.05, 0.1) is 5.92 Å². The monoisotopic (exact) mass is 266 g/mol. The van der Waals surface area contributed by atoms with Gasteiger partial charge in [-0.25, -0.2) is 4.79 Å². The highest BCUT2D eigenvalue weighted by Crippen LogP contribution is 2.65. The average Bonchev–Trinajstić information content (AvgIpc) is 2.76. The topological polar surface area (TPSA) is 69.6 Å². The SMILES string of the molecule is CC(CN(C)C(=O)NC1C2C3CCC(C3)C12)C(=O)O. The molecule has 3 saturated carbocycles. The predicted molar refractivity (Wildman–Crippen MR) is 69.6 cm³/mol. The number of carboxylic acid groups (broad SMARTS) is 1. The Kier molecular flexibility index (Phi) is 2.95. The Bertz CT molecular complexity index is 395. The number of carboxylic acids is 1. The van der Waals surface area contributed by atoms with Crippen LogP contribution in [0.15, 0.2) is 0 Å². The standard InChI is InChI=1S/C14H22N2O3/c1-7(13(17)18)6-16(2)14(19)15-12-10-8-3-4-9(5-8)11(10)12/h7-12H,3-6H2,1-2H3,(H,15,19)(H,17,18). The summed E-state index contributed by atoms with van der Waals surface area (Å²) in [6.45, 7) is 1.88. The lowest BCUT2D eigenvalue weighted by molar-refractivity contribution is -0.141. The molecule has 0 aromatic carbocycles. The molecule has 5 unspecified atom stereocenters. The zero-order valence-corrected chi connectivity index (χ0v) is 11.5. The summed E-state index contributed by atoms with van der Waals surface area (Å²) in [5.41, 5.74) is 0. The molecule has 0 radical (unpaired) electrons. The maximum atomic E-state index is 12.0. The van der Waals surface area contributed by atoms with Gasteiger partial charge in [0.25, 0.3) is 0 Å². The smallest absolute Gasteiger partial charge is 0.317 e. The van der Waals surface area contributed by atoms with E-state index in [1.54, 1.807) is 14.0 Å². The third kappa shape index (κ3) is 2.09.